The summed E-state index contributed by atoms with van der Waals surface area (Å²) in [5.41, 5.74) is -0.289. The number of rotatable bonds is 9. The lowest BCUT2D eigenvalue weighted by molar-refractivity contribution is -0.384. The topological polar surface area (TPSA) is 128 Å². The molecule has 0 spiro atoms. The van der Waals surface area contributed by atoms with Crippen LogP contribution in [-0.4, -0.2) is 41.4 Å². The molecule has 1 aromatic carbocycles. The third kappa shape index (κ3) is 6.34. The van der Waals surface area contributed by atoms with Crippen LogP contribution in [0.15, 0.2) is 30.9 Å². The maximum Gasteiger partial charge on any atom is 0.329 e. The van der Waals surface area contributed by atoms with Crippen LogP contribution < -0.4 is 10.6 Å². The van der Waals surface area contributed by atoms with Crippen LogP contribution in [0.3, 0.4) is 0 Å². The highest BCUT2D eigenvalue weighted by molar-refractivity contribution is 6.34. The molecule has 2 amide bonds. The first-order chi connectivity index (χ1) is 13.1. The van der Waals surface area contributed by atoms with E-state index >= 15 is 0 Å². The maximum absolute atomic E-state index is 12.5. The predicted molar refractivity (Wildman–Crippen MR) is 103 cm³/mol. The highest BCUT2D eigenvalue weighted by Crippen LogP contribution is 2.22. The van der Waals surface area contributed by atoms with Gasteiger partial charge in [-0.1, -0.05) is 31.5 Å². The van der Waals surface area contributed by atoms with E-state index in [0.29, 0.717) is 0 Å². The van der Waals surface area contributed by atoms with Gasteiger partial charge in [0.15, 0.2) is 6.10 Å². The lowest BCUT2D eigenvalue weighted by Gasteiger charge is -2.23. The van der Waals surface area contributed by atoms with Gasteiger partial charge in [0.05, 0.1) is 15.5 Å². The molecule has 1 rings (SSSR count). The van der Waals surface area contributed by atoms with Crippen LogP contribution in [0.2, 0.25) is 5.02 Å². The standard InChI is InChI=1S/C18H22ClN3O6/c1-5-8-20-16(23)11(4)28-18(25)15(10(2)3)21-17(24)13-7-6-12(22(26)27)9-14(13)19/h5-7,9-11,15H,1,8H2,2-4H3,(H,20,23)(H,21,24)/t11-,15-/m1/s1. The highest BCUT2D eigenvalue weighted by Gasteiger charge is 2.29. The monoisotopic (exact) mass is 411 g/mol. The molecule has 2 atom stereocenters. The number of nitro benzene ring substituents is 1. The molecule has 0 bridgehead atoms. The first-order valence-corrected chi connectivity index (χ1v) is 8.80. The normalized spacial score (nSPS) is 12.6. The van der Waals surface area contributed by atoms with E-state index in [9.17, 15) is 24.5 Å². The van der Waals surface area contributed by atoms with Crippen molar-refractivity contribution in [3.05, 3.63) is 51.6 Å². The number of nitrogens with one attached hydrogen (secondary N) is 2. The lowest BCUT2D eigenvalue weighted by atomic mass is 10.0. The smallest absolute Gasteiger partial charge is 0.329 e. The van der Waals surface area contributed by atoms with Crippen LogP contribution in [0.4, 0.5) is 5.69 Å². The molecule has 10 heteroatoms. The third-order valence-corrected chi connectivity index (χ3v) is 4.01. The molecule has 9 nitrogen and oxygen atoms in total. The van der Waals surface area contributed by atoms with Crippen molar-refractivity contribution in [2.24, 2.45) is 5.92 Å². The van der Waals surface area contributed by atoms with Crippen molar-refractivity contribution in [3.63, 3.8) is 0 Å². The molecule has 0 aromatic heterocycles. The van der Waals surface area contributed by atoms with Crippen molar-refractivity contribution >= 4 is 35.1 Å². The third-order valence-electron chi connectivity index (χ3n) is 3.70. The average Bonchev–Trinajstić information content (AvgIpc) is 2.63. The highest BCUT2D eigenvalue weighted by atomic mass is 35.5. The van der Waals surface area contributed by atoms with Crippen molar-refractivity contribution < 1.29 is 24.0 Å². The van der Waals surface area contributed by atoms with E-state index in [1.54, 1.807) is 13.8 Å². The van der Waals surface area contributed by atoms with E-state index in [4.69, 9.17) is 16.3 Å². The molecular formula is C18H22ClN3O6. The summed E-state index contributed by atoms with van der Waals surface area (Å²) in [7, 11) is 0. The van der Waals surface area contributed by atoms with Gasteiger partial charge in [-0.15, -0.1) is 6.58 Å². The summed E-state index contributed by atoms with van der Waals surface area (Å²) >= 11 is 5.94. The van der Waals surface area contributed by atoms with Crippen LogP contribution >= 0.6 is 11.6 Å². The number of nitro groups is 1. The number of hydrogen-bond acceptors (Lipinski definition) is 6. The Morgan fingerprint density at radius 2 is 1.96 bits per heavy atom. The minimum atomic E-state index is -1.06. The van der Waals surface area contributed by atoms with Gasteiger partial charge in [-0.3, -0.25) is 19.7 Å². The number of hydrogen-bond donors (Lipinski definition) is 2. The van der Waals surface area contributed by atoms with Crippen LogP contribution in [0, 0.1) is 16.0 Å². The number of esters is 1. The minimum Gasteiger partial charge on any atom is -0.451 e. The van der Waals surface area contributed by atoms with Gasteiger partial charge >= 0.3 is 5.97 Å². The van der Waals surface area contributed by atoms with Crippen LogP contribution in [0.1, 0.15) is 31.1 Å². The number of amides is 2. The molecule has 0 aliphatic carbocycles. The predicted octanol–water partition coefficient (Wildman–Crippen LogP) is 2.24. The number of nitrogens with zero attached hydrogens (tertiary/aromatic N) is 1. The molecule has 0 saturated carbocycles. The number of carbonyl (C=O) groups excluding carboxylic acids is 3. The van der Waals surface area contributed by atoms with Crippen LogP contribution in [0.25, 0.3) is 0 Å². The van der Waals surface area contributed by atoms with Gasteiger partial charge in [-0.2, -0.15) is 0 Å². The van der Waals surface area contributed by atoms with Gasteiger partial charge in [0.1, 0.15) is 6.04 Å². The number of halogens is 1. The first-order valence-electron chi connectivity index (χ1n) is 8.42. The van der Waals surface area contributed by atoms with E-state index in [2.05, 4.69) is 17.2 Å². The molecule has 1 aromatic rings. The molecule has 0 aliphatic rings. The summed E-state index contributed by atoms with van der Waals surface area (Å²) in [5, 5.41) is 15.6. The molecule has 28 heavy (non-hydrogen) atoms. The van der Waals surface area contributed by atoms with E-state index < -0.39 is 34.9 Å². The van der Waals surface area contributed by atoms with Crippen molar-refractivity contribution in [1.82, 2.24) is 10.6 Å². The summed E-state index contributed by atoms with van der Waals surface area (Å²) in [4.78, 5) is 46.8. The molecule has 152 valence electrons. The van der Waals surface area contributed by atoms with Gasteiger partial charge in [0, 0.05) is 18.7 Å². The molecule has 0 aliphatic heterocycles. The second kappa shape index (κ2) is 10.4. The fourth-order valence-corrected chi connectivity index (χ4v) is 2.40. The summed E-state index contributed by atoms with van der Waals surface area (Å²) < 4.78 is 5.13. The Labute approximate surface area is 167 Å². The Balaban J connectivity index is 2.88. The summed E-state index contributed by atoms with van der Waals surface area (Å²) in [5.74, 6) is -2.33. The van der Waals surface area contributed by atoms with Crippen LogP contribution in [-0.2, 0) is 14.3 Å². The zero-order valence-corrected chi connectivity index (χ0v) is 16.5. The fraction of sp³-hybridized carbons (Fsp3) is 0.389. The zero-order valence-electron chi connectivity index (χ0n) is 15.7. The quantitative estimate of drug-likeness (QED) is 0.277. The van der Waals surface area contributed by atoms with Crippen molar-refractivity contribution in [3.8, 4) is 0 Å². The Hall–Kier alpha value is -2.94. The Kier molecular flexibility index (Phi) is 8.59. The van der Waals surface area contributed by atoms with Crippen molar-refractivity contribution in [2.75, 3.05) is 6.54 Å². The maximum atomic E-state index is 12.5. The average molecular weight is 412 g/mol. The van der Waals surface area contributed by atoms with Gasteiger partial charge < -0.3 is 15.4 Å². The number of non-ortho nitro benzene ring substituents is 1. The summed E-state index contributed by atoms with van der Waals surface area (Å²) in [6.07, 6.45) is 0.422. The molecule has 0 radical (unpaired) electrons. The Morgan fingerprint density at radius 1 is 1.32 bits per heavy atom. The van der Waals surface area contributed by atoms with E-state index in [-0.39, 0.29) is 28.7 Å². The number of ether oxygens (including phenoxy) is 1. The Morgan fingerprint density at radius 3 is 2.46 bits per heavy atom. The summed E-state index contributed by atoms with van der Waals surface area (Å²) in [6, 6.07) is 2.33. The van der Waals surface area contributed by atoms with E-state index in [0.717, 1.165) is 12.1 Å². The second-order valence-corrected chi connectivity index (χ2v) is 6.64. The fourth-order valence-electron chi connectivity index (χ4n) is 2.14. The number of carbonyl (C=O) groups is 3. The van der Waals surface area contributed by atoms with Gasteiger partial charge in [0.2, 0.25) is 0 Å². The Bertz CT molecular complexity index is 781. The SMILES string of the molecule is C=CCNC(=O)[C@@H](C)OC(=O)[C@H](NC(=O)c1ccc([N+](=O)[O-])cc1Cl)C(C)C. The summed E-state index contributed by atoms with van der Waals surface area (Å²) in [6.45, 7) is 8.47. The first kappa shape index (κ1) is 23.1. The minimum absolute atomic E-state index is 0.0255. The van der Waals surface area contributed by atoms with Crippen molar-refractivity contribution in [2.45, 2.75) is 32.9 Å². The van der Waals surface area contributed by atoms with Gasteiger partial charge in [0.25, 0.3) is 17.5 Å². The largest absolute Gasteiger partial charge is 0.451 e. The molecule has 2 N–H and O–H groups in total. The van der Waals surface area contributed by atoms with Crippen molar-refractivity contribution in [1.29, 1.82) is 0 Å². The van der Waals surface area contributed by atoms with Gasteiger partial charge in [-0.25, -0.2) is 4.79 Å². The van der Waals surface area contributed by atoms with E-state index in [1.807, 2.05) is 0 Å². The lowest BCUT2D eigenvalue weighted by Crippen LogP contribution is -2.47. The second-order valence-electron chi connectivity index (χ2n) is 6.23. The number of benzene rings is 1. The molecule has 0 heterocycles. The molecule has 0 fully saturated rings. The molecule has 0 saturated heterocycles. The zero-order chi connectivity index (χ0) is 21.4. The van der Waals surface area contributed by atoms with E-state index in [1.165, 1.54) is 19.1 Å². The van der Waals surface area contributed by atoms with Crippen LogP contribution in [0.5, 0.6) is 0 Å². The molecular weight excluding hydrogens is 390 g/mol. The molecule has 0 unspecified atom stereocenters. The van der Waals surface area contributed by atoms with Gasteiger partial charge in [-0.05, 0) is 18.9 Å².